The van der Waals surface area contributed by atoms with Crippen LogP contribution in [0.5, 0.6) is 0 Å². The van der Waals surface area contributed by atoms with Crippen LogP contribution in [0.3, 0.4) is 0 Å². The van der Waals surface area contributed by atoms with Gasteiger partial charge in [0.1, 0.15) is 5.54 Å². The van der Waals surface area contributed by atoms with Crippen LogP contribution >= 0.6 is 0 Å². The van der Waals surface area contributed by atoms with Crippen molar-refractivity contribution >= 4 is 0 Å². The Morgan fingerprint density at radius 3 is 2.80 bits per heavy atom. The highest BCUT2D eigenvalue weighted by atomic mass is 16.3. The SMILES string of the molecule is CC1CCC(C)C(C#N)(NCCCO)C1. The van der Waals surface area contributed by atoms with Gasteiger partial charge in [-0.1, -0.05) is 20.3 Å². The Balaban J connectivity index is 2.60. The van der Waals surface area contributed by atoms with Gasteiger partial charge in [0.05, 0.1) is 6.07 Å². The molecule has 0 saturated heterocycles. The maximum atomic E-state index is 9.35. The molecule has 0 bridgehead atoms. The molecule has 0 aromatic rings. The average molecular weight is 210 g/mol. The van der Waals surface area contributed by atoms with E-state index in [0.29, 0.717) is 11.8 Å². The minimum atomic E-state index is -0.354. The van der Waals surface area contributed by atoms with Crippen LogP contribution in [-0.4, -0.2) is 23.8 Å². The van der Waals surface area contributed by atoms with Crippen molar-refractivity contribution in [1.29, 1.82) is 5.26 Å². The van der Waals surface area contributed by atoms with E-state index in [0.717, 1.165) is 25.8 Å². The summed E-state index contributed by atoms with van der Waals surface area (Å²) in [6.45, 7) is 5.30. The Labute approximate surface area is 92.5 Å². The lowest BCUT2D eigenvalue weighted by Gasteiger charge is -2.40. The molecule has 3 atom stereocenters. The molecule has 1 rings (SSSR count). The highest BCUT2D eigenvalue weighted by molar-refractivity contribution is 5.12. The van der Waals surface area contributed by atoms with Crippen LogP contribution in [0.1, 0.15) is 39.5 Å². The molecule has 0 aromatic heterocycles. The monoisotopic (exact) mass is 210 g/mol. The van der Waals surface area contributed by atoms with E-state index in [1.54, 1.807) is 0 Å². The maximum Gasteiger partial charge on any atom is 0.109 e. The van der Waals surface area contributed by atoms with Gasteiger partial charge in [-0.25, -0.2) is 0 Å². The Hall–Kier alpha value is -0.590. The lowest BCUT2D eigenvalue weighted by atomic mass is 9.70. The van der Waals surface area contributed by atoms with Gasteiger partial charge < -0.3 is 5.11 Å². The van der Waals surface area contributed by atoms with Gasteiger partial charge in [0.15, 0.2) is 0 Å². The van der Waals surface area contributed by atoms with Gasteiger partial charge >= 0.3 is 0 Å². The lowest BCUT2D eigenvalue weighted by molar-refractivity contribution is 0.166. The van der Waals surface area contributed by atoms with Crippen molar-refractivity contribution in [3.8, 4) is 6.07 Å². The number of rotatable bonds is 4. The van der Waals surface area contributed by atoms with E-state index in [1.165, 1.54) is 6.42 Å². The van der Waals surface area contributed by atoms with Crippen LogP contribution in [0.2, 0.25) is 0 Å². The van der Waals surface area contributed by atoms with Gasteiger partial charge in [0, 0.05) is 6.61 Å². The molecule has 2 N–H and O–H groups in total. The number of aliphatic hydroxyl groups excluding tert-OH is 1. The number of nitriles is 1. The van der Waals surface area contributed by atoms with Crippen LogP contribution in [-0.2, 0) is 0 Å². The zero-order valence-corrected chi connectivity index (χ0v) is 9.79. The van der Waals surface area contributed by atoms with Crippen molar-refractivity contribution in [1.82, 2.24) is 5.32 Å². The van der Waals surface area contributed by atoms with Crippen LogP contribution < -0.4 is 5.32 Å². The van der Waals surface area contributed by atoms with Crippen LogP contribution in [0, 0.1) is 23.2 Å². The fourth-order valence-electron chi connectivity index (χ4n) is 2.47. The Morgan fingerprint density at radius 2 is 2.20 bits per heavy atom. The molecule has 3 nitrogen and oxygen atoms in total. The van der Waals surface area contributed by atoms with Crippen LogP contribution in [0.15, 0.2) is 0 Å². The van der Waals surface area contributed by atoms with Crippen molar-refractivity contribution in [3.63, 3.8) is 0 Å². The standard InChI is InChI=1S/C12H22N2O/c1-10-4-5-11(2)12(8-10,9-13)14-6-3-7-15/h10-11,14-15H,3-8H2,1-2H3. The van der Waals surface area contributed by atoms with E-state index in [9.17, 15) is 5.26 Å². The zero-order valence-electron chi connectivity index (χ0n) is 9.79. The lowest BCUT2D eigenvalue weighted by Crippen LogP contribution is -2.53. The average Bonchev–Trinajstić information content (AvgIpc) is 2.23. The highest BCUT2D eigenvalue weighted by Gasteiger charge is 2.40. The normalized spacial score (nSPS) is 36.1. The summed E-state index contributed by atoms with van der Waals surface area (Å²) in [4.78, 5) is 0. The zero-order chi connectivity index (χ0) is 11.3. The molecule has 0 heterocycles. The maximum absolute atomic E-state index is 9.35. The summed E-state index contributed by atoms with van der Waals surface area (Å²) in [5.41, 5.74) is -0.354. The van der Waals surface area contributed by atoms with Gasteiger partial charge in [-0.2, -0.15) is 5.26 Å². The Kier molecular flexibility index (Phi) is 4.56. The molecule has 1 aliphatic carbocycles. The van der Waals surface area contributed by atoms with Crippen molar-refractivity contribution in [3.05, 3.63) is 0 Å². The van der Waals surface area contributed by atoms with Crippen molar-refractivity contribution in [2.45, 2.75) is 45.1 Å². The molecule has 0 aliphatic heterocycles. The van der Waals surface area contributed by atoms with Crippen molar-refractivity contribution in [2.75, 3.05) is 13.2 Å². The summed E-state index contributed by atoms with van der Waals surface area (Å²) >= 11 is 0. The molecule has 15 heavy (non-hydrogen) atoms. The molecule has 1 fully saturated rings. The largest absolute Gasteiger partial charge is 0.396 e. The summed E-state index contributed by atoms with van der Waals surface area (Å²) in [5.74, 6) is 1.04. The molecule has 3 heteroatoms. The molecular weight excluding hydrogens is 188 g/mol. The third kappa shape index (κ3) is 2.93. The molecule has 0 radical (unpaired) electrons. The third-order valence-electron chi connectivity index (χ3n) is 3.58. The molecular formula is C12H22N2O. The second-order valence-corrected chi connectivity index (χ2v) is 4.87. The van der Waals surface area contributed by atoms with Gasteiger partial charge in [-0.15, -0.1) is 0 Å². The first kappa shape index (κ1) is 12.5. The smallest absolute Gasteiger partial charge is 0.109 e. The Morgan fingerprint density at radius 1 is 1.47 bits per heavy atom. The fourth-order valence-corrected chi connectivity index (χ4v) is 2.47. The van der Waals surface area contributed by atoms with E-state index in [1.807, 2.05) is 0 Å². The van der Waals surface area contributed by atoms with Crippen LogP contribution in [0.25, 0.3) is 0 Å². The first-order valence-corrected chi connectivity index (χ1v) is 5.92. The topological polar surface area (TPSA) is 56.0 Å². The van der Waals surface area contributed by atoms with Crippen molar-refractivity contribution in [2.24, 2.45) is 11.8 Å². The molecule has 0 spiro atoms. The van der Waals surface area contributed by atoms with E-state index in [-0.39, 0.29) is 12.1 Å². The molecule has 1 aliphatic rings. The number of hydrogen-bond acceptors (Lipinski definition) is 3. The number of nitrogens with zero attached hydrogens (tertiary/aromatic N) is 1. The predicted molar refractivity (Wildman–Crippen MR) is 60.2 cm³/mol. The fraction of sp³-hybridized carbons (Fsp3) is 0.917. The summed E-state index contributed by atoms with van der Waals surface area (Å²) in [7, 11) is 0. The highest BCUT2D eigenvalue weighted by Crippen LogP contribution is 2.36. The molecule has 1 saturated carbocycles. The van der Waals surface area contributed by atoms with Gasteiger partial charge in [0.25, 0.3) is 0 Å². The molecule has 86 valence electrons. The van der Waals surface area contributed by atoms with Gasteiger partial charge in [-0.05, 0) is 37.6 Å². The second-order valence-electron chi connectivity index (χ2n) is 4.87. The molecule has 3 unspecified atom stereocenters. The molecule has 0 amide bonds. The van der Waals surface area contributed by atoms with E-state index in [4.69, 9.17) is 5.11 Å². The second kappa shape index (κ2) is 5.48. The predicted octanol–water partition coefficient (Wildman–Crippen LogP) is 1.68. The quantitative estimate of drug-likeness (QED) is 0.694. The van der Waals surface area contributed by atoms with E-state index in [2.05, 4.69) is 25.2 Å². The number of nitrogens with one attached hydrogen (secondary N) is 1. The first-order chi connectivity index (χ1) is 7.14. The van der Waals surface area contributed by atoms with Crippen molar-refractivity contribution < 1.29 is 5.11 Å². The Bertz CT molecular complexity index is 236. The summed E-state index contributed by atoms with van der Waals surface area (Å²) in [6.07, 6.45) is 4.02. The molecule has 0 aromatic carbocycles. The van der Waals surface area contributed by atoms with Gasteiger partial charge in [0.2, 0.25) is 0 Å². The minimum Gasteiger partial charge on any atom is -0.396 e. The minimum absolute atomic E-state index is 0.193. The first-order valence-electron chi connectivity index (χ1n) is 5.92. The van der Waals surface area contributed by atoms with E-state index >= 15 is 0 Å². The summed E-state index contributed by atoms with van der Waals surface area (Å²) in [5, 5.41) is 21.4. The van der Waals surface area contributed by atoms with E-state index < -0.39 is 0 Å². The number of hydrogen-bond donors (Lipinski definition) is 2. The van der Waals surface area contributed by atoms with Gasteiger partial charge in [-0.3, -0.25) is 5.32 Å². The third-order valence-corrected chi connectivity index (χ3v) is 3.58. The van der Waals surface area contributed by atoms with Crippen LogP contribution in [0.4, 0.5) is 0 Å². The summed E-state index contributed by atoms with van der Waals surface area (Å²) in [6, 6.07) is 2.46. The number of aliphatic hydroxyl groups is 1. The summed E-state index contributed by atoms with van der Waals surface area (Å²) < 4.78 is 0.